The highest BCUT2D eigenvalue weighted by atomic mass is 16.5. The molecule has 6 aromatic rings. The average molecular weight is 2020 g/mol. The van der Waals surface area contributed by atoms with Gasteiger partial charge in [-0.3, -0.25) is 29.4 Å². The number of hydrogen-bond acceptors (Lipinski definition) is 24. The Morgan fingerprint density at radius 1 is 0.270 bits per heavy atom. The highest BCUT2D eigenvalue weighted by Crippen LogP contribution is 2.53. The third-order valence-electron chi connectivity index (χ3n) is 27.5. The zero-order chi connectivity index (χ0) is 152. The Morgan fingerprint density at radius 2 is 0.426 bits per heavy atom. The van der Waals surface area contributed by atoms with Gasteiger partial charge in [-0.15, -0.1) is 0 Å². The van der Waals surface area contributed by atoms with Gasteiger partial charge in [0.1, 0.15) is 0 Å². The van der Waals surface area contributed by atoms with E-state index in [1.807, 2.05) is 27.7 Å². The predicted octanol–water partition coefficient (Wildman–Crippen LogP) is 19.3. The van der Waals surface area contributed by atoms with E-state index >= 15 is 0 Å². The Hall–Kier alpha value is -7.56. The van der Waals surface area contributed by atoms with Crippen molar-refractivity contribution >= 4 is 0 Å². The maximum absolute atomic E-state index is 11.1. The SMILES string of the molecule is [2H]C([2H])([2H])C(C)(C([2H])([2H])[2H])C([2H])([2H])C1CN2C(CC1O)c1cc(OC)c(OC)cc1C([2H])([2H])C2([2H])[2H].[2H]C([2H])([2H])C(C)(C([2H])([2H])[2H])C([2H])([2H])C1CN2C(CC1O)c1cc(OC)c(OC)cc1C([2H])([2H])C2([2H])[2H].[2H]C([2H])([2H])Oc1cc2c(cc1OC)C([2H])([2H])C([2H])([2H])N1CC(C([2H])([2H])C(C)(C([2H])([2H])[2H])C([2H])([2H])[2H])C(O)CC21.[2H]C([2H])([2H])Oc1cc2c(cc1OC)C([2H])([2H])C([2H])([2H])N1CC(CC(C)C)C(O)CC21.[2H]C([2H])([2H])Oc1cc2c(cc1OC)C([2H])([2H])C([2H])([2H])N1CC(CC(C)C)C(O)CC21.[2H]C1([2H])c2cc(OC)c(OC)cc2C2CC(O)C(CC(C)C)CN2C1([2H])[2H]. The lowest BCUT2D eigenvalue weighted by atomic mass is 9.75. The summed E-state index contributed by atoms with van der Waals surface area (Å²) in [7, 11) is 3.92. The minimum Gasteiger partial charge on any atom is -0.493 e. The molecular weight excluding hydrogens is 1780 g/mol. The average Bonchev–Trinajstić information content (AvgIpc) is 0.691. The number of hydrogen-bond donors (Lipinski definition) is 6. The van der Waals surface area contributed by atoms with Crippen LogP contribution in [0, 0.1) is 69.5 Å². The third-order valence-corrected chi connectivity index (χ3v) is 27.5. The van der Waals surface area contributed by atoms with Crippen molar-refractivity contribution in [2.75, 3.05) is 163 Å². The first-order valence-electron chi connectivity index (χ1n) is 76.1. The summed E-state index contributed by atoms with van der Waals surface area (Å²) in [6.07, 6.45) is -28.9. The van der Waals surface area contributed by atoms with Crippen molar-refractivity contribution in [1.82, 2.24) is 29.4 Å². The molecule has 12 aliphatic rings. The number of aliphatic hydroxyl groups is 6. The van der Waals surface area contributed by atoms with Gasteiger partial charge in [0, 0.05) is 180 Å². The molecule has 12 heterocycles. The maximum Gasteiger partial charge on any atom is 0.161 e. The smallest absolute Gasteiger partial charge is 0.161 e. The van der Waals surface area contributed by atoms with Crippen LogP contribution in [0.5, 0.6) is 69.0 Å². The van der Waals surface area contributed by atoms with E-state index in [-0.39, 0.29) is 153 Å². The quantitative estimate of drug-likeness (QED) is 0.0392. The molecule has 6 N–H and O–H groups in total. The summed E-state index contributed by atoms with van der Waals surface area (Å²) >= 11 is 0. The van der Waals surface area contributed by atoms with Crippen LogP contribution in [0.15, 0.2) is 72.8 Å². The molecular formula is C117H180N6O18. The highest BCUT2D eigenvalue weighted by Gasteiger charge is 2.47. The van der Waals surface area contributed by atoms with Gasteiger partial charge in [0.2, 0.25) is 0 Å². The van der Waals surface area contributed by atoms with Gasteiger partial charge in [-0.1, -0.05) is 103 Å². The number of fused-ring (bicyclic) bond motifs is 18. The lowest BCUT2D eigenvalue weighted by Gasteiger charge is -2.47. The zero-order valence-electron chi connectivity index (χ0n) is 140. The number of piperidine rings is 6. The fraction of sp³-hybridized carbons (Fsp3) is 0.692. The van der Waals surface area contributed by atoms with Crippen LogP contribution in [0.25, 0.3) is 0 Å². The van der Waals surface area contributed by atoms with E-state index in [0.717, 1.165) is 48.0 Å². The molecule has 0 saturated carbocycles. The summed E-state index contributed by atoms with van der Waals surface area (Å²) in [4.78, 5) is 7.57. The Morgan fingerprint density at radius 3 is 0.582 bits per heavy atom. The molecule has 24 heteroatoms. The first-order valence-corrected chi connectivity index (χ1v) is 47.6. The molecule has 18 atom stereocenters. The van der Waals surface area contributed by atoms with Gasteiger partial charge in [-0.25, -0.2) is 0 Å². The summed E-state index contributed by atoms with van der Waals surface area (Å²) in [5.74, 6) is -3.30. The van der Waals surface area contributed by atoms with Gasteiger partial charge in [0.05, 0.1) is 134 Å². The molecule has 0 spiro atoms. The normalized spacial score (nSPS) is 38.8. The first-order chi connectivity index (χ1) is 89.4. The van der Waals surface area contributed by atoms with E-state index in [1.165, 1.54) is 134 Å². The standard InChI is InChI=1S/3C20H31NO3.3C19H29NO3/c3*1-20(2,3)11-14-12-21-7-6-13-8-18(23-4)19(24-5)9-15(13)16(21)10-17(14)22;3*1-12(2)7-14-11-20-6-5-13-8-18(22-3)19(23-4)9-15(13)16(20)10-17(14)21/h3*8-9,14,16-17,22H,6-7,10-12H2,1-5H3;3*8-9,12,14,16-17,21H,5-7,10-11H2,1-4H3/i1D3,2D3,5D3,6D2,7D2,11D2;2*1D3,2D3,6D2,7D2,11D2;2*4D3,5D2,6D2;5D2,6D2. The van der Waals surface area contributed by atoms with E-state index < -0.39 is 291 Å². The van der Waals surface area contributed by atoms with Crippen molar-refractivity contribution in [3.63, 3.8) is 0 Å². The Kier molecular flexibility index (Phi) is 19.6. The summed E-state index contributed by atoms with van der Waals surface area (Å²) in [6.45, 7) is -21.6. The van der Waals surface area contributed by atoms with Crippen LogP contribution in [0.3, 0.4) is 0 Å². The second kappa shape index (κ2) is 48.4. The van der Waals surface area contributed by atoms with Gasteiger partial charge < -0.3 is 87.5 Å². The van der Waals surface area contributed by atoms with Gasteiger partial charge in [0.15, 0.2) is 69.0 Å². The van der Waals surface area contributed by atoms with Crippen molar-refractivity contribution in [2.45, 2.75) is 291 Å². The lowest BCUT2D eigenvalue weighted by molar-refractivity contribution is -0.0259. The van der Waals surface area contributed by atoms with Crippen LogP contribution in [0.2, 0.25) is 0 Å². The Balaban J connectivity index is 0.000000192. The maximum atomic E-state index is 11.1. The molecule has 0 amide bonds. The van der Waals surface area contributed by atoms with Crippen LogP contribution < -0.4 is 56.8 Å². The second-order valence-corrected chi connectivity index (χ2v) is 39.5. The van der Waals surface area contributed by atoms with Crippen molar-refractivity contribution in [1.29, 1.82) is 0 Å². The van der Waals surface area contributed by atoms with E-state index in [9.17, 15) is 30.6 Å². The first kappa shape index (κ1) is 57.1. The second-order valence-electron chi connectivity index (χ2n) is 39.5. The van der Waals surface area contributed by atoms with Crippen LogP contribution in [-0.2, 0) is 38.2 Å². The molecule has 12 aliphatic heterocycles. The molecule has 0 aliphatic carbocycles. The summed E-state index contributed by atoms with van der Waals surface area (Å²) in [5, 5.41) is 65.5. The van der Waals surface area contributed by atoms with Crippen molar-refractivity contribution in [2.24, 2.45) is 69.5 Å². The van der Waals surface area contributed by atoms with E-state index in [1.54, 1.807) is 11.0 Å². The van der Waals surface area contributed by atoms with Crippen molar-refractivity contribution in [3.8, 4) is 69.0 Å². The fourth-order valence-corrected chi connectivity index (χ4v) is 20.9. The molecule has 18 unspecified atom stereocenters. The topological polar surface area (TPSA) is 252 Å². The van der Waals surface area contributed by atoms with Gasteiger partial charge >= 0.3 is 0 Å². The molecule has 6 fully saturated rings. The van der Waals surface area contributed by atoms with Crippen LogP contribution >= 0.6 is 0 Å². The number of aryl methyl sites for hydroxylation is 6. The Bertz CT molecular complexity index is 7330. The number of aliphatic hydroxyl groups excluding tert-OH is 6. The molecule has 6 saturated heterocycles. The fourth-order valence-electron chi connectivity index (χ4n) is 20.9. The monoisotopic (exact) mass is 2010 g/mol. The zero-order valence-corrected chi connectivity index (χ0v) is 83.4. The number of rotatable bonds is 21. The Labute approximate surface area is 926 Å². The summed E-state index contributed by atoms with van der Waals surface area (Å²) in [5.41, 5.74) is -6.43. The molecule has 18 rings (SSSR count). The minimum atomic E-state index is -3.35. The molecule has 141 heavy (non-hydrogen) atoms. The molecule has 6 aromatic carbocycles. The van der Waals surface area contributed by atoms with E-state index in [0.29, 0.717) is 82.9 Å². The molecule has 0 aromatic heterocycles. The molecule has 0 bridgehead atoms. The van der Waals surface area contributed by atoms with Gasteiger partial charge in [-0.2, -0.15) is 0 Å². The van der Waals surface area contributed by atoms with Crippen LogP contribution in [0.1, 0.15) is 361 Å². The van der Waals surface area contributed by atoms with Gasteiger partial charge in [-0.05, 0) is 324 Å². The number of methoxy groups -OCH3 is 12. The minimum absolute atomic E-state index is 0.0186. The van der Waals surface area contributed by atoms with Crippen molar-refractivity contribution < 1.29 is 166 Å². The van der Waals surface area contributed by atoms with Crippen LogP contribution in [-0.4, -0.2) is 260 Å². The molecule has 0 radical (unpaired) electrons. The molecule has 24 nitrogen and oxygen atoms in total. The van der Waals surface area contributed by atoms with E-state index in [4.69, 9.17) is 135 Å². The van der Waals surface area contributed by atoms with Crippen LogP contribution in [0.4, 0.5) is 0 Å². The number of ether oxygens (including phenoxy) is 12. The largest absolute Gasteiger partial charge is 0.493 e. The number of nitrogens with zero attached hydrogens (tertiary/aromatic N) is 6. The van der Waals surface area contributed by atoms with E-state index in [2.05, 4.69) is 13.8 Å². The predicted molar refractivity (Wildman–Crippen MR) is 561 cm³/mol. The lowest BCUT2D eigenvalue weighted by Crippen LogP contribution is -2.48. The summed E-state index contributed by atoms with van der Waals surface area (Å²) < 4.78 is 530. The number of benzene rings is 6. The highest BCUT2D eigenvalue weighted by molar-refractivity contribution is 5.55. The third kappa shape index (κ3) is 26.9. The van der Waals surface area contributed by atoms with Crippen molar-refractivity contribution in [3.05, 3.63) is 140 Å². The van der Waals surface area contributed by atoms with Gasteiger partial charge in [0.25, 0.3) is 0 Å². The molecule has 786 valence electrons. The summed E-state index contributed by atoms with van der Waals surface area (Å²) in [6, 6.07) is 12.1.